The van der Waals surface area contributed by atoms with Gasteiger partial charge in [-0.25, -0.2) is 0 Å². The topological polar surface area (TPSA) is 133 Å². The second-order valence-electron chi connectivity index (χ2n) is 26.1. The summed E-state index contributed by atoms with van der Waals surface area (Å²) in [5, 5.41) is 36.3. The van der Waals surface area contributed by atoms with Crippen LogP contribution in [0.15, 0.2) is 108 Å². The lowest BCUT2D eigenvalue weighted by molar-refractivity contribution is -0.123. The molecular weight excluding hydrogens is 981 g/mol. The van der Waals surface area contributed by atoms with Gasteiger partial charge in [-0.3, -0.25) is 19.5 Å². The van der Waals surface area contributed by atoms with Crippen molar-refractivity contribution >= 4 is 39.6 Å². The standard InChI is InChI=1S/C69H82N4O6/c1-66(2,3)53-32-44-28-48-36-55(68(7,8)9)38-50-30-46-34-54(67(4,5)6)35-47(63(46)77)31-51-39-56(69(10,11)12)37-49(29-45(33-53)62(44)76)65(51)79-42-61(75)72-23-26-73(25-22-71-60(74)41-78-64(48)50)24-21-70-40-52-27-43-17-13-14-18-57(43)59-20-16-15-19-58(52)59/h13-20,27,32-40,76-77H,21-26,28-31,41-42H2,1-12H3,(H,71,74)(H,72,75). The van der Waals surface area contributed by atoms with Crippen molar-refractivity contribution in [2.45, 2.75) is 130 Å². The number of amides is 2. The Balaban J connectivity index is 1.16. The Morgan fingerprint density at radius 1 is 0.494 bits per heavy atom. The fourth-order valence-corrected chi connectivity index (χ4v) is 11.0. The minimum Gasteiger partial charge on any atom is -0.507 e. The number of rotatable bonds is 4. The quantitative estimate of drug-likeness (QED) is 0.0784. The lowest BCUT2D eigenvalue weighted by atomic mass is 9.79. The number of carbonyl (C=O) groups excluding carboxylic acids is 2. The molecule has 7 aromatic carbocycles. The summed E-state index contributed by atoms with van der Waals surface area (Å²) >= 11 is 0. The number of phenolic OH excluding ortho intramolecular Hbond substituents is 2. The number of aliphatic imine (C=N–C) groups is 1. The SMILES string of the molecule is CC(C)(C)c1cc2c(O)c(c1)Cc1cc(C(C)(C)C)cc3c1OCC(=O)NCCN(CCN=Cc1cc4ccccc4c4ccccc14)CCNC(=O)COc1c(cc(C(C)(C)C)cc1Cc1cc(C(C)(C)C)cc(c1O)C3)C2. The van der Waals surface area contributed by atoms with Gasteiger partial charge < -0.3 is 30.3 Å². The third kappa shape index (κ3) is 13.1. The smallest absolute Gasteiger partial charge is 0.257 e. The van der Waals surface area contributed by atoms with E-state index in [1.165, 1.54) is 10.8 Å². The molecule has 414 valence electrons. The number of fused-ring (bicyclic) bond motifs is 15. The molecule has 0 spiro atoms. The molecule has 2 amide bonds. The van der Waals surface area contributed by atoms with Crippen molar-refractivity contribution in [2.75, 3.05) is 52.5 Å². The summed E-state index contributed by atoms with van der Waals surface area (Å²) in [6.45, 7) is 28.5. The lowest BCUT2D eigenvalue weighted by Crippen LogP contribution is -2.42. The maximum Gasteiger partial charge on any atom is 0.257 e. The Morgan fingerprint density at radius 3 is 1.24 bits per heavy atom. The molecule has 2 aliphatic heterocycles. The summed E-state index contributed by atoms with van der Waals surface area (Å²) in [5.74, 6) is 0.918. The molecule has 7 aromatic rings. The van der Waals surface area contributed by atoms with Gasteiger partial charge in [0.25, 0.3) is 11.8 Å². The second kappa shape index (κ2) is 22.5. The van der Waals surface area contributed by atoms with Crippen LogP contribution in [0, 0.1) is 0 Å². The van der Waals surface area contributed by atoms with Crippen LogP contribution in [-0.4, -0.2) is 85.6 Å². The normalized spacial score (nSPS) is 15.6. The first-order chi connectivity index (χ1) is 37.3. The molecule has 10 heteroatoms. The van der Waals surface area contributed by atoms with Crippen LogP contribution in [0.3, 0.4) is 0 Å². The van der Waals surface area contributed by atoms with Gasteiger partial charge >= 0.3 is 0 Å². The van der Waals surface area contributed by atoms with Crippen molar-refractivity contribution in [3.05, 3.63) is 175 Å². The largest absolute Gasteiger partial charge is 0.507 e. The molecule has 0 fully saturated rings. The van der Waals surface area contributed by atoms with Crippen molar-refractivity contribution < 1.29 is 29.3 Å². The molecule has 4 N–H and O–H groups in total. The van der Waals surface area contributed by atoms with E-state index in [9.17, 15) is 19.8 Å². The Bertz CT molecular complexity index is 3210. The van der Waals surface area contributed by atoms with E-state index in [2.05, 4.69) is 202 Å². The molecule has 0 saturated heterocycles. The summed E-state index contributed by atoms with van der Waals surface area (Å²) in [7, 11) is 0. The van der Waals surface area contributed by atoms with Crippen molar-refractivity contribution in [1.82, 2.24) is 15.5 Å². The summed E-state index contributed by atoms with van der Waals surface area (Å²) in [4.78, 5) is 35.3. The molecule has 79 heavy (non-hydrogen) atoms. The van der Waals surface area contributed by atoms with Crippen LogP contribution in [0.1, 0.15) is 155 Å². The molecule has 0 saturated carbocycles. The van der Waals surface area contributed by atoms with Crippen LogP contribution in [0.5, 0.6) is 23.0 Å². The first-order valence-corrected chi connectivity index (χ1v) is 28.2. The van der Waals surface area contributed by atoms with Crippen LogP contribution in [0.25, 0.3) is 21.5 Å². The Morgan fingerprint density at radius 2 is 0.848 bits per heavy atom. The van der Waals surface area contributed by atoms with Gasteiger partial charge in [0, 0.05) is 70.2 Å². The zero-order chi connectivity index (χ0) is 56.6. The average molecular weight is 1060 g/mol. The molecule has 0 atom stereocenters. The minimum atomic E-state index is -0.285. The molecule has 0 aromatic heterocycles. The van der Waals surface area contributed by atoms with Gasteiger partial charge in [-0.1, -0.05) is 180 Å². The van der Waals surface area contributed by atoms with Gasteiger partial charge in [0.2, 0.25) is 0 Å². The van der Waals surface area contributed by atoms with E-state index >= 15 is 0 Å². The highest BCUT2D eigenvalue weighted by Crippen LogP contribution is 2.44. The van der Waals surface area contributed by atoms with Gasteiger partial charge in [0.1, 0.15) is 23.0 Å². The van der Waals surface area contributed by atoms with Crippen LogP contribution >= 0.6 is 0 Å². The molecule has 10 rings (SSSR count). The van der Waals surface area contributed by atoms with Crippen molar-refractivity contribution in [3.8, 4) is 23.0 Å². The summed E-state index contributed by atoms with van der Waals surface area (Å²) < 4.78 is 13.6. The number of hydrogen-bond donors (Lipinski definition) is 4. The highest BCUT2D eigenvalue weighted by molar-refractivity contribution is 6.14. The maximum atomic E-state index is 14.1. The van der Waals surface area contributed by atoms with Crippen molar-refractivity contribution in [1.29, 1.82) is 0 Å². The van der Waals surface area contributed by atoms with E-state index in [0.717, 1.165) is 83.1 Å². The predicted octanol–water partition coefficient (Wildman–Crippen LogP) is 12.7. The Kier molecular flexibility index (Phi) is 16.1. The van der Waals surface area contributed by atoms with E-state index in [1.807, 2.05) is 6.21 Å². The van der Waals surface area contributed by atoms with Crippen molar-refractivity contribution in [2.24, 2.45) is 4.99 Å². The van der Waals surface area contributed by atoms with E-state index in [-0.39, 0.29) is 58.2 Å². The fraction of sp³-hybridized carbons (Fsp3) is 0.406. The monoisotopic (exact) mass is 1060 g/mol. The van der Waals surface area contributed by atoms with Gasteiger partial charge in [-0.15, -0.1) is 0 Å². The maximum absolute atomic E-state index is 14.1. The van der Waals surface area contributed by atoms with E-state index in [1.54, 1.807) is 0 Å². The molecule has 0 radical (unpaired) electrons. The summed E-state index contributed by atoms with van der Waals surface area (Å²) in [5.41, 5.74) is 10.4. The molecular formula is C69H82N4O6. The summed E-state index contributed by atoms with van der Waals surface area (Å²) in [6.07, 6.45) is 3.18. The zero-order valence-corrected chi connectivity index (χ0v) is 48.8. The second-order valence-corrected chi connectivity index (χ2v) is 26.1. The van der Waals surface area contributed by atoms with Gasteiger partial charge in [0.05, 0.1) is 6.54 Å². The van der Waals surface area contributed by atoms with Crippen LogP contribution in [0.2, 0.25) is 0 Å². The predicted molar refractivity (Wildman–Crippen MR) is 322 cm³/mol. The number of hydrogen-bond acceptors (Lipinski definition) is 8. The highest BCUT2D eigenvalue weighted by atomic mass is 16.5. The number of nitrogens with one attached hydrogen (secondary N) is 2. The van der Waals surface area contributed by atoms with E-state index in [0.29, 0.717) is 76.5 Å². The zero-order valence-electron chi connectivity index (χ0n) is 48.8. The first kappa shape index (κ1) is 56.5. The minimum absolute atomic E-state index is 0.176. The number of carbonyl (C=O) groups is 2. The Labute approximate surface area is 468 Å². The number of nitrogens with zero attached hydrogens (tertiary/aromatic N) is 2. The molecule has 3 aliphatic rings. The third-order valence-corrected chi connectivity index (χ3v) is 15.8. The van der Waals surface area contributed by atoms with E-state index in [4.69, 9.17) is 14.5 Å². The summed E-state index contributed by atoms with van der Waals surface area (Å²) in [6, 6.07) is 36.1. The molecule has 2 heterocycles. The lowest BCUT2D eigenvalue weighted by Gasteiger charge is -2.28. The molecule has 10 bridgehead atoms. The third-order valence-electron chi connectivity index (χ3n) is 15.8. The van der Waals surface area contributed by atoms with E-state index < -0.39 is 0 Å². The van der Waals surface area contributed by atoms with Crippen LogP contribution in [-0.2, 0) is 56.9 Å². The van der Waals surface area contributed by atoms with Crippen LogP contribution in [0.4, 0.5) is 0 Å². The fourth-order valence-electron chi connectivity index (χ4n) is 11.0. The first-order valence-electron chi connectivity index (χ1n) is 28.2. The molecule has 1 aliphatic carbocycles. The van der Waals surface area contributed by atoms with Gasteiger partial charge in [-0.05, 0) is 116 Å². The number of benzene rings is 7. The van der Waals surface area contributed by atoms with Gasteiger partial charge in [-0.2, -0.15) is 0 Å². The number of aromatic hydroxyl groups is 2. The Hall–Kier alpha value is -7.17. The van der Waals surface area contributed by atoms with Gasteiger partial charge in [0.15, 0.2) is 13.2 Å². The average Bonchev–Trinajstić information content (AvgIpc) is 3.42. The highest BCUT2D eigenvalue weighted by Gasteiger charge is 2.29. The number of ether oxygens (including phenoxy) is 2. The van der Waals surface area contributed by atoms with Crippen LogP contribution < -0.4 is 20.1 Å². The molecule has 0 unspecified atom stereocenters. The van der Waals surface area contributed by atoms with Crippen molar-refractivity contribution in [3.63, 3.8) is 0 Å². The molecule has 10 nitrogen and oxygen atoms in total. The number of phenols is 2.